The summed E-state index contributed by atoms with van der Waals surface area (Å²) >= 11 is 0. The molecule has 6 rings (SSSR count). The third-order valence-electron chi connectivity index (χ3n) is 12.2. The van der Waals surface area contributed by atoms with Crippen LogP contribution in [0.5, 0.6) is 5.75 Å². The van der Waals surface area contributed by atoms with Crippen LogP contribution in [0.4, 0.5) is 4.79 Å². The molecule has 4 amide bonds. The van der Waals surface area contributed by atoms with Crippen LogP contribution in [0, 0.1) is 6.92 Å². The number of ether oxygens (including phenoxy) is 1. The fourth-order valence-electron chi connectivity index (χ4n) is 8.66. The van der Waals surface area contributed by atoms with Gasteiger partial charge in [-0.05, 0) is 92.5 Å². The van der Waals surface area contributed by atoms with Crippen molar-refractivity contribution in [3.8, 4) is 17.0 Å². The van der Waals surface area contributed by atoms with Gasteiger partial charge in [-0.2, -0.15) is 0 Å². The quantitative estimate of drug-likeness (QED) is 0.0338. The molecule has 0 saturated carbocycles. The fourth-order valence-corrected chi connectivity index (χ4v) is 8.66. The van der Waals surface area contributed by atoms with Crippen LogP contribution in [0.3, 0.4) is 0 Å². The number of para-hydroxylation sites is 1. The molecule has 0 bridgehead atoms. The molecule has 66 heavy (non-hydrogen) atoms. The summed E-state index contributed by atoms with van der Waals surface area (Å²) in [6.07, 6.45) is 5.84. The van der Waals surface area contributed by atoms with Gasteiger partial charge in [-0.15, -0.1) is 0 Å². The van der Waals surface area contributed by atoms with E-state index in [9.17, 15) is 29.1 Å². The third kappa shape index (κ3) is 13.6. The third-order valence-corrected chi connectivity index (χ3v) is 12.2. The van der Waals surface area contributed by atoms with Crippen molar-refractivity contribution in [1.29, 1.82) is 0 Å². The molecule has 0 saturated heterocycles. The zero-order chi connectivity index (χ0) is 46.8. The zero-order valence-electron chi connectivity index (χ0n) is 38.5. The van der Waals surface area contributed by atoms with Crippen molar-refractivity contribution in [3.05, 3.63) is 126 Å². The monoisotopic (exact) mass is 896 g/mol. The summed E-state index contributed by atoms with van der Waals surface area (Å²) in [7, 11) is 1.58. The molecule has 1 atom stereocenters. The van der Waals surface area contributed by atoms with Gasteiger partial charge in [-0.25, -0.2) is 4.79 Å². The first-order valence-corrected chi connectivity index (χ1v) is 23.2. The summed E-state index contributed by atoms with van der Waals surface area (Å²) in [4.78, 5) is 69.7. The number of nitrogens with zero attached hydrogens (tertiary/aromatic N) is 2. The molecule has 0 aliphatic rings. The molecule has 0 aliphatic heterocycles. The smallest absolute Gasteiger partial charge is 0.407 e. The lowest BCUT2D eigenvalue weighted by molar-refractivity contribution is -0.128. The van der Waals surface area contributed by atoms with E-state index < -0.39 is 12.1 Å². The minimum atomic E-state index is -0.937. The van der Waals surface area contributed by atoms with E-state index in [1.165, 1.54) is 4.90 Å². The van der Waals surface area contributed by atoms with Crippen LogP contribution in [-0.2, 0) is 45.1 Å². The van der Waals surface area contributed by atoms with Gasteiger partial charge in [-0.3, -0.25) is 14.4 Å². The molecule has 5 N–H and O–H groups in total. The molecule has 2 heterocycles. The maximum absolute atomic E-state index is 14.0. The van der Waals surface area contributed by atoms with E-state index in [-0.39, 0.29) is 36.5 Å². The molecule has 0 aliphatic carbocycles. The molecular formula is C53H64N6O7. The SMILES string of the molecule is COc1ccc2c(c1)c(CC(=O)N[C@@H](CCCCCC(C)=O)C(=O)NCCc1c(-c3ccccc3)[nH]c3ccccc13)c(C)n2CC(=O)NCCCCCCN(Cc1ccccc1)C(=O)O. The first kappa shape index (κ1) is 48.6. The van der Waals surface area contributed by atoms with E-state index in [2.05, 4.69) is 39.1 Å². The zero-order valence-corrected chi connectivity index (χ0v) is 38.5. The van der Waals surface area contributed by atoms with Gasteiger partial charge in [0.15, 0.2) is 0 Å². The van der Waals surface area contributed by atoms with Gasteiger partial charge in [0.25, 0.3) is 0 Å². The van der Waals surface area contributed by atoms with Gasteiger partial charge in [0.1, 0.15) is 24.1 Å². The van der Waals surface area contributed by atoms with Crippen molar-refractivity contribution in [2.24, 2.45) is 0 Å². The van der Waals surface area contributed by atoms with E-state index in [0.29, 0.717) is 57.6 Å². The highest BCUT2D eigenvalue weighted by Crippen LogP contribution is 2.32. The van der Waals surface area contributed by atoms with Crippen LogP contribution < -0.4 is 20.7 Å². The number of rotatable bonds is 26. The number of methoxy groups -OCH3 is 1. The molecule has 0 unspecified atom stereocenters. The average Bonchev–Trinajstić information content (AvgIpc) is 3.81. The van der Waals surface area contributed by atoms with Crippen LogP contribution in [0.15, 0.2) is 103 Å². The number of unbranched alkanes of at least 4 members (excludes halogenated alkanes) is 5. The number of fused-ring (bicyclic) bond motifs is 2. The van der Waals surface area contributed by atoms with E-state index in [1.807, 2.05) is 96.4 Å². The summed E-state index contributed by atoms with van der Waals surface area (Å²) in [5, 5.41) is 20.7. The number of benzene rings is 4. The van der Waals surface area contributed by atoms with Crippen molar-refractivity contribution in [1.82, 2.24) is 30.4 Å². The maximum Gasteiger partial charge on any atom is 0.407 e. The Morgan fingerprint density at radius 1 is 0.758 bits per heavy atom. The van der Waals surface area contributed by atoms with Gasteiger partial charge >= 0.3 is 6.09 Å². The van der Waals surface area contributed by atoms with Gasteiger partial charge in [-0.1, -0.05) is 105 Å². The predicted molar refractivity (Wildman–Crippen MR) is 259 cm³/mol. The number of amides is 4. The van der Waals surface area contributed by atoms with Crippen LogP contribution >= 0.6 is 0 Å². The molecule has 2 aromatic heterocycles. The fraction of sp³-hybridized carbons (Fsp3) is 0.377. The van der Waals surface area contributed by atoms with E-state index >= 15 is 0 Å². The number of hydrogen-bond acceptors (Lipinski definition) is 6. The first-order chi connectivity index (χ1) is 32.0. The summed E-state index contributed by atoms with van der Waals surface area (Å²) in [6.45, 7) is 5.18. The largest absolute Gasteiger partial charge is 0.497 e. The number of aromatic nitrogens is 2. The van der Waals surface area contributed by atoms with Crippen molar-refractivity contribution in [2.75, 3.05) is 26.7 Å². The van der Waals surface area contributed by atoms with E-state index in [4.69, 9.17) is 4.74 Å². The van der Waals surface area contributed by atoms with Gasteiger partial charge in [0, 0.05) is 65.8 Å². The number of hydrogen-bond donors (Lipinski definition) is 5. The molecule has 348 valence electrons. The number of carboxylic acid groups (broad SMARTS) is 1. The number of ketones is 1. The Kier molecular flexibility index (Phi) is 18.0. The van der Waals surface area contributed by atoms with Gasteiger partial charge in [0.2, 0.25) is 17.7 Å². The maximum atomic E-state index is 14.0. The Hall–Kier alpha value is -6.89. The van der Waals surface area contributed by atoms with Crippen LogP contribution in [0.2, 0.25) is 0 Å². The summed E-state index contributed by atoms with van der Waals surface area (Å²) < 4.78 is 7.47. The molecular weight excluding hydrogens is 833 g/mol. The van der Waals surface area contributed by atoms with Gasteiger partial charge < -0.3 is 45.0 Å². The minimum Gasteiger partial charge on any atom is -0.497 e. The number of carbonyl (C=O) groups excluding carboxylic acids is 4. The van der Waals surface area contributed by atoms with Crippen molar-refractivity contribution >= 4 is 51.4 Å². The van der Waals surface area contributed by atoms with Crippen LogP contribution in [-0.4, -0.2) is 81.9 Å². The van der Waals surface area contributed by atoms with Crippen molar-refractivity contribution in [2.45, 2.75) is 104 Å². The molecule has 0 spiro atoms. The highest BCUT2D eigenvalue weighted by atomic mass is 16.5. The molecule has 6 aromatic rings. The highest BCUT2D eigenvalue weighted by Gasteiger charge is 2.24. The van der Waals surface area contributed by atoms with Crippen LogP contribution in [0.1, 0.15) is 87.1 Å². The summed E-state index contributed by atoms with van der Waals surface area (Å²) in [6, 6.07) is 32.6. The molecule has 4 aromatic carbocycles. The highest BCUT2D eigenvalue weighted by molar-refractivity contribution is 5.95. The number of carbonyl (C=O) groups is 5. The summed E-state index contributed by atoms with van der Waals surface area (Å²) in [5.74, 6) is 0.000971. The average molecular weight is 897 g/mol. The standard InChI is InChI=1S/C53H64N6O7/c1-37(60)19-9-6-14-26-47(52(63)55-31-29-43-42-24-15-16-25-46(42)57-51(43)40-22-12-8-13-23-40)56-49(61)34-44-38(2)59(48-28-27-41(66-3)33-45(44)48)36-50(62)54-30-17-4-5-18-32-58(53(64)65)35-39-20-10-7-11-21-39/h7-8,10-13,15-16,20-25,27-28,33,47,57H,4-6,9,14,17-19,26,29-32,34-36H2,1-3H3,(H,54,62)(H,55,63)(H,56,61)(H,64,65)/t47-/m0/s1. The molecule has 0 radical (unpaired) electrons. The van der Waals surface area contributed by atoms with E-state index in [1.54, 1.807) is 14.0 Å². The Morgan fingerprint density at radius 3 is 2.21 bits per heavy atom. The Labute approximate surface area is 387 Å². The lowest BCUT2D eigenvalue weighted by Gasteiger charge is -2.19. The first-order valence-electron chi connectivity index (χ1n) is 23.2. The topological polar surface area (TPSA) is 175 Å². The normalized spacial score (nSPS) is 11.6. The summed E-state index contributed by atoms with van der Waals surface area (Å²) in [5.41, 5.74) is 7.45. The predicted octanol–water partition coefficient (Wildman–Crippen LogP) is 8.89. The molecule has 13 nitrogen and oxygen atoms in total. The number of nitrogens with one attached hydrogen (secondary N) is 4. The number of H-pyrrole nitrogens is 1. The second-order valence-electron chi connectivity index (χ2n) is 17.0. The minimum absolute atomic E-state index is 0.0152. The lowest BCUT2D eigenvalue weighted by Crippen LogP contribution is -2.47. The number of aromatic amines is 1. The van der Waals surface area contributed by atoms with Crippen LogP contribution in [0.25, 0.3) is 33.1 Å². The molecule has 13 heteroatoms. The second-order valence-corrected chi connectivity index (χ2v) is 17.0. The molecule has 0 fully saturated rings. The Bertz CT molecular complexity index is 2570. The lowest BCUT2D eigenvalue weighted by atomic mass is 10.0. The van der Waals surface area contributed by atoms with Gasteiger partial charge in [0.05, 0.1) is 13.5 Å². The Morgan fingerprint density at radius 2 is 1.47 bits per heavy atom. The second kappa shape index (κ2) is 24.4. The Balaban J connectivity index is 1.06. The number of Topliss-reactive ketones (excluding diaryl/α,β-unsaturated/α-hetero) is 1. The van der Waals surface area contributed by atoms with E-state index in [0.717, 1.165) is 94.0 Å². The van der Waals surface area contributed by atoms with Crippen molar-refractivity contribution < 1.29 is 33.8 Å². The van der Waals surface area contributed by atoms with Crippen molar-refractivity contribution in [3.63, 3.8) is 0 Å².